The fourth-order valence-corrected chi connectivity index (χ4v) is 4.08. The predicted molar refractivity (Wildman–Crippen MR) is 124 cm³/mol. The molecule has 6 nitrogen and oxygen atoms in total. The average molecular weight is 427 g/mol. The van der Waals surface area contributed by atoms with E-state index in [0.29, 0.717) is 11.5 Å². The van der Waals surface area contributed by atoms with Gasteiger partial charge in [0.1, 0.15) is 5.75 Å². The fraction of sp³-hybridized carbons (Fsp3) is 0.269. The third-order valence-corrected chi connectivity index (χ3v) is 6.04. The van der Waals surface area contributed by atoms with Gasteiger partial charge in [0.15, 0.2) is 5.65 Å². The molecule has 0 saturated heterocycles. The molecule has 5 rings (SSSR count). The Morgan fingerprint density at radius 3 is 2.50 bits per heavy atom. The Bertz CT molecular complexity index is 1270. The molecule has 4 aromatic rings. The van der Waals surface area contributed by atoms with Crippen LogP contribution in [-0.4, -0.2) is 27.8 Å². The van der Waals surface area contributed by atoms with Crippen molar-refractivity contribution in [2.75, 3.05) is 7.11 Å². The molecule has 0 radical (unpaired) electrons. The van der Waals surface area contributed by atoms with E-state index in [1.807, 2.05) is 79.2 Å². The second-order valence-corrected chi connectivity index (χ2v) is 8.37. The van der Waals surface area contributed by atoms with Gasteiger partial charge in [-0.1, -0.05) is 30.3 Å². The fourth-order valence-electron chi connectivity index (χ4n) is 4.08. The third kappa shape index (κ3) is 3.73. The number of carbonyl (C=O) groups is 1. The highest BCUT2D eigenvalue weighted by Gasteiger charge is 2.29. The summed E-state index contributed by atoms with van der Waals surface area (Å²) in [6.45, 7) is 3.92. The second-order valence-electron chi connectivity index (χ2n) is 8.37. The molecule has 1 atom stereocenters. The summed E-state index contributed by atoms with van der Waals surface area (Å²) in [6, 6.07) is 19.5. The number of aryl methyl sites for hydroxylation is 1. The lowest BCUT2D eigenvalue weighted by molar-refractivity contribution is 0.0941. The van der Waals surface area contributed by atoms with E-state index in [0.717, 1.165) is 52.3 Å². The number of nitrogens with one attached hydrogen (secondary N) is 1. The van der Waals surface area contributed by atoms with Gasteiger partial charge in [-0.25, -0.2) is 9.67 Å². The van der Waals surface area contributed by atoms with Gasteiger partial charge >= 0.3 is 0 Å². The molecule has 2 aromatic heterocycles. The number of hydrogen-bond donors (Lipinski definition) is 1. The molecule has 32 heavy (non-hydrogen) atoms. The molecule has 0 aliphatic heterocycles. The largest absolute Gasteiger partial charge is 0.497 e. The summed E-state index contributed by atoms with van der Waals surface area (Å²) in [6.07, 6.45) is 2.22. The van der Waals surface area contributed by atoms with Crippen LogP contribution in [0.25, 0.3) is 16.7 Å². The first-order chi connectivity index (χ1) is 15.5. The van der Waals surface area contributed by atoms with E-state index in [4.69, 9.17) is 14.8 Å². The number of benzene rings is 2. The summed E-state index contributed by atoms with van der Waals surface area (Å²) < 4.78 is 7.08. The Balaban J connectivity index is 1.55. The van der Waals surface area contributed by atoms with Crippen LogP contribution in [0.4, 0.5) is 0 Å². The molecule has 0 bridgehead atoms. The Kier molecular flexibility index (Phi) is 5.13. The van der Waals surface area contributed by atoms with E-state index in [1.165, 1.54) is 0 Å². The number of carbonyl (C=O) groups excluding carboxylic acids is 1. The van der Waals surface area contributed by atoms with E-state index in [9.17, 15) is 4.79 Å². The van der Waals surface area contributed by atoms with E-state index in [-0.39, 0.29) is 11.9 Å². The molecule has 0 spiro atoms. The summed E-state index contributed by atoms with van der Waals surface area (Å²) in [5.41, 5.74) is 5.09. The van der Waals surface area contributed by atoms with Crippen LogP contribution in [0.5, 0.6) is 5.75 Å². The minimum absolute atomic E-state index is 0.113. The number of aromatic nitrogens is 3. The van der Waals surface area contributed by atoms with Gasteiger partial charge in [0.2, 0.25) is 0 Å². The molecule has 1 saturated carbocycles. The molecular weight excluding hydrogens is 400 g/mol. The van der Waals surface area contributed by atoms with Crippen molar-refractivity contribution in [3.05, 3.63) is 83.2 Å². The molecule has 2 heterocycles. The number of methoxy groups -OCH3 is 1. The minimum atomic E-state index is -0.148. The standard InChI is InChI=1S/C26H26N4O2/c1-16(18-11-13-21(32-3)14-12-18)27-26(31)22-15-23(19-9-10-19)28-25-24(22)17(2)29-30(25)20-7-5-4-6-8-20/h4-8,11-16,19H,9-10H2,1-3H3,(H,27,31). The first kappa shape index (κ1) is 20.2. The summed E-state index contributed by atoms with van der Waals surface area (Å²) >= 11 is 0. The SMILES string of the molecule is COc1ccc(C(C)NC(=O)c2cc(C3CC3)nc3c2c(C)nn3-c2ccccc2)cc1. The van der Waals surface area contributed by atoms with Gasteiger partial charge in [0, 0.05) is 11.6 Å². The van der Waals surface area contributed by atoms with Gasteiger partial charge in [-0.15, -0.1) is 0 Å². The molecule has 1 fully saturated rings. The van der Waals surface area contributed by atoms with Crippen molar-refractivity contribution in [2.45, 2.75) is 38.6 Å². The number of pyridine rings is 1. The van der Waals surface area contributed by atoms with Crippen LogP contribution in [0.2, 0.25) is 0 Å². The summed E-state index contributed by atoms with van der Waals surface area (Å²) in [4.78, 5) is 18.4. The maximum Gasteiger partial charge on any atom is 0.252 e. The summed E-state index contributed by atoms with van der Waals surface area (Å²) in [5, 5.41) is 8.70. The Hall–Kier alpha value is -3.67. The van der Waals surface area contributed by atoms with Crippen molar-refractivity contribution < 1.29 is 9.53 Å². The number of amides is 1. The van der Waals surface area contributed by atoms with Crippen LogP contribution in [-0.2, 0) is 0 Å². The van der Waals surface area contributed by atoms with Gasteiger partial charge in [0.25, 0.3) is 5.91 Å². The van der Waals surface area contributed by atoms with Crippen LogP contribution < -0.4 is 10.1 Å². The number of ether oxygens (including phenoxy) is 1. The van der Waals surface area contributed by atoms with Crippen LogP contribution in [0, 0.1) is 6.92 Å². The van der Waals surface area contributed by atoms with Crippen molar-refractivity contribution in [3.8, 4) is 11.4 Å². The third-order valence-electron chi connectivity index (χ3n) is 6.04. The van der Waals surface area contributed by atoms with Crippen LogP contribution >= 0.6 is 0 Å². The highest BCUT2D eigenvalue weighted by molar-refractivity contribution is 6.07. The van der Waals surface area contributed by atoms with E-state index in [2.05, 4.69) is 5.32 Å². The smallest absolute Gasteiger partial charge is 0.252 e. The second kappa shape index (κ2) is 8.11. The highest BCUT2D eigenvalue weighted by atomic mass is 16.5. The molecule has 2 aromatic carbocycles. The monoisotopic (exact) mass is 426 g/mol. The molecular formula is C26H26N4O2. The Morgan fingerprint density at radius 2 is 1.84 bits per heavy atom. The number of hydrogen-bond acceptors (Lipinski definition) is 4. The molecule has 1 aliphatic rings. The van der Waals surface area contributed by atoms with E-state index in [1.54, 1.807) is 7.11 Å². The zero-order chi connectivity index (χ0) is 22.2. The summed E-state index contributed by atoms with van der Waals surface area (Å²) in [5.74, 6) is 1.10. The first-order valence-electron chi connectivity index (χ1n) is 11.0. The molecule has 1 unspecified atom stereocenters. The molecule has 1 N–H and O–H groups in total. The van der Waals surface area contributed by atoms with Crippen LogP contribution in [0.15, 0.2) is 60.7 Å². The zero-order valence-corrected chi connectivity index (χ0v) is 18.5. The van der Waals surface area contributed by atoms with Gasteiger partial charge < -0.3 is 10.1 Å². The summed E-state index contributed by atoms with van der Waals surface area (Å²) in [7, 11) is 1.64. The van der Waals surface area contributed by atoms with Crippen molar-refractivity contribution >= 4 is 16.9 Å². The predicted octanol–water partition coefficient (Wildman–Crippen LogP) is 5.11. The van der Waals surface area contributed by atoms with Gasteiger partial charge in [-0.3, -0.25) is 4.79 Å². The van der Waals surface area contributed by atoms with E-state index < -0.39 is 0 Å². The average Bonchev–Trinajstić information content (AvgIpc) is 3.62. The van der Waals surface area contributed by atoms with Crippen molar-refractivity contribution in [1.82, 2.24) is 20.1 Å². The Labute approximate surface area is 187 Å². The van der Waals surface area contributed by atoms with Crippen molar-refractivity contribution in [1.29, 1.82) is 0 Å². The highest BCUT2D eigenvalue weighted by Crippen LogP contribution is 2.40. The first-order valence-corrected chi connectivity index (χ1v) is 11.0. The van der Waals surface area contributed by atoms with Crippen LogP contribution in [0.3, 0.4) is 0 Å². The number of fused-ring (bicyclic) bond motifs is 1. The number of nitrogens with zero attached hydrogens (tertiary/aromatic N) is 3. The zero-order valence-electron chi connectivity index (χ0n) is 18.5. The lowest BCUT2D eigenvalue weighted by Gasteiger charge is -2.16. The lowest BCUT2D eigenvalue weighted by atomic mass is 10.0. The van der Waals surface area contributed by atoms with Crippen LogP contribution in [0.1, 0.15) is 59.0 Å². The maximum atomic E-state index is 13.5. The normalized spacial score (nSPS) is 14.3. The molecule has 1 aliphatic carbocycles. The molecule has 1 amide bonds. The molecule has 6 heteroatoms. The Morgan fingerprint density at radius 1 is 1.12 bits per heavy atom. The van der Waals surface area contributed by atoms with Gasteiger partial charge in [0.05, 0.1) is 35.5 Å². The topological polar surface area (TPSA) is 69.0 Å². The van der Waals surface area contributed by atoms with Crippen molar-refractivity contribution in [3.63, 3.8) is 0 Å². The van der Waals surface area contributed by atoms with Gasteiger partial charge in [-0.2, -0.15) is 5.10 Å². The quantitative estimate of drug-likeness (QED) is 0.465. The van der Waals surface area contributed by atoms with Crippen molar-refractivity contribution in [2.24, 2.45) is 0 Å². The number of rotatable bonds is 6. The van der Waals surface area contributed by atoms with E-state index >= 15 is 0 Å². The van der Waals surface area contributed by atoms with Gasteiger partial charge in [-0.05, 0) is 62.6 Å². The lowest BCUT2D eigenvalue weighted by Crippen LogP contribution is -2.27. The molecule has 162 valence electrons. The number of para-hydroxylation sites is 1. The minimum Gasteiger partial charge on any atom is -0.497 e. The maximum absolute atomic E-state index is 13.5.